The summed E-state index contributed by atoms with van der Waals surface area (Å²) in [6.07, 6.45) is 6.92. The van der Waals surface area contributed by atoms with Crippen LogP contribution in [0.3, 0.4) is 0 Å². The number of carbonyl (C=O) groups is 2. The molecular weight excluding hydrogens is 324 g/mol. The maximum atomic E-state index is 11.1. The molecule has 0 aromatic carbocycles. The number of carboxylic acids is 2. The van der Waals surface area contributed by atoms with Crippen molar-refractivity contribution in [3.63, 3.8) is 0 Å². The first kappa shape index (κ1) is 23.3. The van der Waals surface area contributed by atoms with Crippen molar-refractivity contribution in [1.82, 2.24) is 0 Å². The minimum Gasteiger partial charge on any atom is -0.481 e. The molecular formula is C19H32O6. The third-order valence-corrected chi connectivity index (χ3v) is 4.20. The van der Waals surface area contributed by atoms with Gasteiger partial charge in [0.05, 0.1) is 12.7 Å². The van der Waals surface area contributed by atoms with Crippen molar-refractivity contribution in [3.05, 3.63) is 23.3 Å². The van der Waals surface area contributed by atoms with E-state index in [2.05, 4.69) is 6.92 Å². The molecule has 0 radical (unpaired) electrons. The van der Waals surface area contributed by atoms with Crippen LogP contribution in [0.4, 0.5) is 0 Å². The summed E-state index contributed by atoms with van der Waals surface area (Å²) >= 11 is 0. The summed E-state index contributed by atoms with van der Waals surface area (Å²) in [5.74, 6) is -2.39. The van der Waals surface area contributed by atoms with Gasteiger partial charge in [-0.1, -0.05) is 37.8 Å². The van der Waals surface area contributed by atoms with Gasteiger partial charge in [0.2, 0.25) is 0 Å². The molecule has 144 valence electrons. The molecule has 0 unspecified atom stereocenters. The second-order valence-electron chi connectivity index (χ2n) is 6.71. The Balaban J connectivity index is 4.26. The van der Waals surface area contributed by atoms with E-state index >= 15 is 0 Å². The number of carboxylic acid groups (broad SMARTS) is 2. The summed E-state index contributed by atoms with van der Waals surface area (Å²) in [5.41, 5.74) is 1.87. The fourth-order valence-electron chi connectivity index (χ4n) is 3.01. The highest BCUT2D eigenvalue weighted by Crippen LogP contribution is 2.21. The van der Waals surface area contributed by atoms with Crippen molar-refractivity contribution >= 4 is 11.9 Å². The van der Waals surface area contributed by atoms with E-state index in [9.17, 15) is 9.59 Å². The van der Waals surface area contributed by atoms with Gasteiger partial charge < -0.3 is 20.1 Å². The first-order valence-corrected chi connectivity index (χ1v) is 8.66. The largest absolute Gasteiger partial charge is 0.481 e. The predicted octanol–water partition coefficient (Wildman–Crippen LogP) is 3.26. The molecule has 0 aliphatic rings. The molecule has 0 amide bonds. The number of hydrogen-bond acceptors (Lipinski definition) is 4. The lowest BCUT2D eigenvalue weighted by molar-refractivity contribution is -0.149. The fraction of sp³-hybridized carbons (Fsp3) is 0.684. The van der Waals surface area contributed by atoms with Crippen LogP contribution in [0, 0.1) is 11.8 Å². The van der Waals surface area contributed by atoms with Gasteiger partial charge in [-0.2, -0.15) is 0 Å². The first-order chi connectivity index (χ1) is 11.7. The molecule has 6 nitrogen and oxygen atoms in total. The molecule has 0 aromatic rings. The zero-order valence-corrected chi connectivity index (χ0v) is 15.7. The molecule has 0 saturated heterocycles. The van der Waals surface area contributed by atoms with Gasteiger partial charge in [0, 0.05) is 13.2 Å². The summed E-state index contributed by atoms with van der Waals surface area (Å²) in [5, 5.41) is 26.9. The maximum Gasteiger partial charge on any atom is 0.328 e. The summed E-state index contributed by atoms with van der Waals surface area (Å²) in [4.78, 5) is 21.7. The fourth-order valence-corrected chi connectivity index (χ4v) is 3.01. The van der Waals surface area contributed by atoms with Crippen molar-refractivity contribution in [1.29, 1.82) is 0 Å². The van der Waals surface area contributed by atoms with Crippen LogP contribution in [0.2, 0.25) is 0 Å². The van der Waals surface area contributed by atoms with Crippen LogP contribution < -0.4 is 0 Å². The van der Waals surface area contributed by atoms with Crippen LogP contribution in [0.25, 0.3) is 0 Å². The Kier molecular flexibility index (Phi) is 11.8. The lowest BCUT2D eigenvalue weighted by Crippen LogP contribution is -2.32. The zero-order chi connectivity index (χ0) is 19.4. The number of unbranched alkanes of at least 4 members (excludes halogenated alkanes) is 1. The van der Waals surface area contributed by atoms with Gasteiger partial charge in [-0.05, 0) is 38.2 Å². The summed E-state index contributed by atoms with van der Waals surface area (Å²) in [6.45, 7) is 5.50. The summed E-state index contributed by atoms with van der Waals surface area (Å²) < 4.78 is 5.21. The van der Waals surface area contributed by atoms with E-state index in [4.69, 9.17) is 20.1 Å². The van der Waals surface area contributed by atoms with Crippen molar-refractivity contribution in [3.8, 4) is 0 Å². The van der Waals surface area contributed by atoms with E-state index < -0.39 is 30.6 Å². The normalized spacial score (nSPS) is 16.4. The van der Waals surface area contributed by atoms with Crippen LogP contribution in [-0.4, -0.2) is 47.1 Å². The minimum atomic E-state index is -1.03. The lowest BCUT2D eigenvalue weighted by atomic mass is 9.93. The number of hydrogen-bond donors (Lipinski definition) is 3. The molecule has 0 aliphatic heterocycles. The van der Waals surface area contributed by atoms with Crippen LogP contribution in [0.1, 0.15) is 52.9 Å². The van der Waals surface area contributed by atoms with Gasteiger partial charge in [0.15, 0.2) is 0 Å². The lowest BCUT2D eigenvalue weighted by Gasteiger charge is -2.21. The Labute approximate surface area is 150 Å². The number of rotatable bonds is 13. The van der Waals surface area contributed by atoms with Crippen LogP contribution in [0.5, 0.6) is 0 Å². The SMILES string of the molecule is CO[C@@H](CCCC[C@H](C)C/C(C)=C/C(C)=C/C(=O)O)[C@@H](CO)C(=O)O. The molecule has 3 N–H and O–H groups in total. The molecule has 6 heteroatoms. The summed E-state index contributed by atoms with van der Waals surface area (Å²) in [6, 6.07) is 0. The van der Waals surface area contributed by atoms with Crippen molar-refractivity contribution < 1.29 is 29.6 Å². The van der Waals surface area contributed by atoms with Crippen LogP contribution in [-0.2, 0) is 14.3 Å². The molecule has 0 spiro atoms. The van der Waals surface area contributed by atoms with E-state index in [1.807, 2.05) is 13.0 Å². The van der Waals surface area contributed by atoms with Gasteiger partial charge in [-0.3, -0.25) is 4.79 Å². The smallest absolute Gasteiger partial charge is 0.328 e. The Bertz CT molecular complexity index is 480. The number of methoxy groups -OCH3 is 1. The number of ether oxygens (including phenoxy) is 1. The second kappa shape index (κ2) is 12.7. The number of allylic oxidation sites excluding steroid dienone is 3. The Morgan fingerprint density at radius 1 is 1.08 bits per heavy atom. The van der Waals surface area contributed by atoms with Gasteiger partial charge >= 0.3 is 11.9 Å². The second-order valence-corrected chi connectivity index (χ2v) is 6.71. The van der Waals surface area contributed by atoms with E-state index in [1.54, 1.807) is 6.92 Å². The standard InChI is InChI=1S/C19H32O6/c1-13(9-14(2)10-15(3)11-18(21)22)7-5-6-8-17(25-4)16(12-20)19(23)24/h10-11,13,16-17,20H,5-9,12H2,1-4H3,(H,21,22)(H,23,24)/b14-10+,15-11+/t13-,16+,17-/m0/s1. The molecule has 3 atom stereocenters. The molecule has 0 heterocycles. The third kappa shape index (κ3) is 10.7. The number of aliphatic hydroxyl groups excluding tert-OH is 1. The van der Waals surface area contributed by atoms with Crippen molar-refractivity contribution in [2.24, 2.45) is 11.8 Å². The monoisotopic (exact) mass is 356 g/mol. The van der Waals surface area contributed by atoms with E-state index in [1.165, 1.54) is 13.2 Å². The molecule has 0 bridgehead atoms. The third-order valence-electron chi connectivity index (χ3n) is 4.20. The van der Waals surface area contributed by atoms with E-state index in [-0.39, 0.29) is 0 Å². The van der Waals surface area contributed by atoms with Gasteiger partial charge in [-0.25, -0.2) is 4.79 Å². The van der Waals surface area contributed by atoms with Crippen LogP contribution >= 0.6 is 0 Å². The summed E-state index contributed by atoms with van der Waals surface area (Å²) in [7, 11) is 1.47. The minimum absolute atomic E-state index is 0.419. The highest BCUT2D eigenvalue weighted by Gasteiger charge is 2.26. The molecule has 0 aromatic heterocycles. The molecule has 0 fully saturated rings. The van der Waals surface area contributed by atoms with E-state index in [0.717, 1.165) is 36.8 Å². The highest BCUT2D eigenvalue weighted by atomic mass is 16.5. The van der Waals surface area contributed by atoms with Gasteiger partial charge in [0.25, 0.3) is 0 Å². The Morgan fingerprint density at radius 3 is 2.16 bits per heavy atom. The Morgan fingerprint density at radius 2 is 1.68 bits per heavy atom. The average molecular weight is 356 g/mol. The number of aliphatic carboxylic acids is 2. The quantitative estimate of drug-likeness (QED) is 0.266. The highest BCUT2D eigenvalue weighted by molar-refractivity contribution is 5.81. The van der Waals surface area contributed by atoms with Crippen LogP contribution in [0.15, 0.2) is 23.3 Å². The zero-order valence-electron chi connectivity index (χ0n) is 15.7. The van der Waals surface area contributed by atoms with Gasteiger partial charge in [-0.15, -0.1) is 0 Å². The molecule has 0 aliphatic carbocycles. The van der Waals surface area contributed by atoms with Crippen molar-refractivity contribution in [2.75, 3.05) is 13.7 Å². The van der Waals surface area contributed by atoms with Crippen molar-refractivity contribution in [2.45, 2.75) is 59.0 Å². The molecule has 25 heavy (non-hydrogen) atoms. The maximum absolute atomic E-state index is 11.1. The number of aliphatic hydroxyl groups is 1. The average Bonchev–Trinajstić information content (AvgIpc) is 2.48. The predicted molar refractivity (Wildman–Crippen MR) is 96.4 cm³/mol. The first-order valence-electron chi connectivity index (χ1n) is 8.66. The molecule has 0 rings (SSSR count). The van der Waals surface area contributed by atoms with E-state index in [0.29, 0.717) is 12.3 Å². The topological polar surface area (TPSA) is 104 Å². The Hall–Kier alpha value is -1.66. The van der Waals surface area contributed by atoms with Gasteiger partial charge in [0.1, 0.15) is 5.92 Å². The molecule has 0 saturated carbocycles.